The molecule has 5 nitrogen and oxygen atoms in total. The van der Waals surface area contributed by atoms with Crippen molar-refractivity contribution in [2.75, 3.05) is 27.3 Å². The Balaban J connectivity index is 1.90. The number of amides is 1. The number of hydrogen-bond donors (Lipinski definition) is 0. The summed E-state index contributed by atoms with van der Waals surface area (Å²) in [6.45, 7) is 5.36. The summed E-state index contributed by atoms with van der Waals surface area (Å²) >= 11 is 0. The fourth-order valence-electron chi connectivity index (χ4n) is 2.72. The molecule has 0 spiro atoms. The second kappa shape index (κ2) is 8.18. The number of fused-ring (bicyclic) bond motifs is 1. The third kappa shape index (κ3) is 4.49. The molecule has 1 unspecified atom stereocenters. The van der Waals surface area contributed by atoms with Crippen LogP contribution in [0.2, 0.25) is 0 Å². The molecule has 1 aliphatic rings. The lowest BCUT2D eigenvalue weighted by Gasteiger charge is -2.25. The maximum atomic E-state index is 12.6. The van der Waals surface area contributed by atoms with Crippen molar-refractivity contribution < 1.29 is 19.1 Å². The summed E-state index contributed by atoms with van der Waals surface area (Å²) in [4.78, 5) is 26.5. The monoisotopic (exact) mass is 333 g/mol. The summed E-state index contributed by atoms with van der Waals surface area (Å²) in [5, 5.41) is 0. The lowest BCUT2D eigenvalue weighted by Crippen LogP contribution is -2.32. The minimum absolute atomic E-state index is 0.0523. The van der Waals surface area contributed by atoms with Gasteiger partial charge in [-0.3, -0.25) is 9.59 Å². The molecule has 1 heterocycles. The predicted molar refractivity (Wildman–Crippen MR) is 92.6 cm³/mol. The molecule has 1 aromatic rings. The fourth-order valence-corrected chi connectivity index (χ4v) is 2.72. The first-order valence-corrected chi connectivity index (χ1v) is 8.51. The van der Waals surface area contributed by atoms with Crippen molar-refractivity contribution in [3.63, 3.8) is 0 Å². The van der Waals surface area contributed by atoms with Crippen molar-refractivity contribution in [1.29, 1.82) is 0 Å². The van der Waals surface area contributed by atoms with Crippen molar-refractivity contribution in [2.24, 2.45) is 11.8 Å². The number of benzene rings is 1. The van der Waals surface area contributed by atoms with Crippen LogP contribution in [-0.4, -0.2) is 43.9 Å². The Morgan fingerprint density at radius 1 is 1.42 bits per heavy atom. The molecule has 0 aliphatic carbocycles. The van der Waals surface area contributed by atoms with Crippen LogP contribution >= 0.6 is 0 Å². The fraction of sp³-hybridized carbons (Fsp3) is 0.579. The van der Waals surface area contributed by atoms with E-state index in [-0.39, 0.29) is 17.6 Å². The summed E-state index contributed by atoms with van der Waals surface area (Å²) < 4.78 is 10.8. The standard InChI is InChI=1S/C19H27NO4/c1-13(2)9-10-20(3)18(21)8-5-14-12-24-17-11-15(23-4)6-7-16(17)19(14)22/h6-7,11,13-14H,5,8-10,12H2,1-4H3. The summed E-state index contributed by atoms with van der Waals surface area (Å²) in [6, 6.07) is 5.22. The van der Waals surface area contributed by atoms with Crippen molar-refractivity contribution in [2.45, 2.75) is 33.1 Å². The molecular formula is C19H27NO4. The maximum Gasteiger partial charge on any atom is 0.222 e. The van der Waals surface area contributed by atoms with E-state index in [1.807, 2.05) is 7.05 Å². The lowest BCUT2D eigenvalue weighted by atomic mass is 9.91. The zero-order valence-electron chi connectivity index (χ0n) is 15.0. The zero-order valence-corrected chi connectivity index (χ0v) is 15.0. The summed E-state index contributed by atoms with van der Waals surface area (Å²) in [5.74, 6) is 1.69. The van der Waals surface area contributed by atoms with Gasteiger partial charge in [-0.15, -0.1) is 0 Å². The predicted octanol–water partition coefficient (Wildman–Crippen LogP) is 3.17. The number of nitrogens with zero attached hydrogens (tertiary/aromatic N) is 1. The Kier molecular flexibility index (Phi) is 6.23. The molecule has 0 saturated heterocycles. The number of rotatable bonds is 7. The van der Waals surface area contributed by atoms with Crippen molar-refractivity contribution in [1.82, 2.24) is 4.90 Å². The SMILES string of the molecule is COc1ccc2c(c1)OCC(CCC(=O)N(C)CCC(C)C)C2=O. The van der Waals surface area contributed by atoms with Gasteiger partial charge in [0.15, 0.2) is 5.78 Å². The van der Waals surface area contributed by atoms with Gasteiger partial charge in [-0.05, 0) is 30.9 Å². The first-order valence-electron chi connectivity index (χ1n) is 8.51. The zero-order chi connectivity index (χ0) is 17.7. The second-order valence-corrected chi connectivity index (χ2v) is 6.77. The third-order valence-electron chi connectivity index (χ3n) is 4.44. The molecule has 5 heteroatoms. The molecule has 0 aromatic heterocycles. The van der Waals surface area contributed by atoms with Crippen LogP contribution in [0.4, 0.5) is 0 Å². The molecule has 1 aliphatic heterocycles. The molecule has 1 aromatic carbocycles. The minimum Gasteiger partial charge on any atom is -0.497 e. The van der Waals surface area contributed by atoms with Crippen LogP contribution in [-0.2, 0) is 4.79 Å². The van der Waals surface area contributed by atoms with Gasteiger partial charge in [0.05, 0.1) is 25.2 Å². The van der Waals surface area contributed by atoms with E-state index in [9.17, 15) is 9.59 Å². The van der Waals surface area contributed by atoms with E-state index in [0.717, 1.165) is 13.0 Å². The average molecular weight is 333 g/mol. The van der Waals surface area contributed by atoms with Crippen LogP contribution in [0.15, 0.2) is 18.2 Å². The number of ketones is 1. The van der Waals surface area contributed by atoms with Gasteiger partial charge in [0.2, 0.25) is 5.91 Å². The van der Waals surface area contributed by atoms with Crippen molar-refractivity contribution >= 4 is 11.7 Å². The number of carbonyl (C=O) groups is 2. The Morgan fingerprint density at radius 2 is 2.17 bits per heavy atom. The number of hydrogen-bond acceptors (Lipinski definition) is 4. The largest absolute Gasteiger partial charge is 0.497 e. The van der Waals surface area contributed by atoms with E-state index < -0.39 is 0 Å². The van der Waals surface area contributed by atoms with Crippen LogP contribution in [0, 0.1) is 11.8 Å². The van der Waals surface area contributed by atoms with Crippen LogP contribution in [0.3, 0.4) is 0 Å². The van der Waals surface area contributed by atoms with Crippen molar-refractivity contribution in [3.8, 4) is 11.5 Å². The molecular weight excluding hydrogens is 306 g/mol. The van der Waals surface area contributed by atoms with Gasteiger partial charge >= 0.3 is 0 Å². The van der Waals surface area contributed by atoms with Gasteiger partial charge < -0.3 is 14.4 Å². The summed E-state index contributed by atoms with van der Waals surface area (Å²) in [5.41, 5.74) is 0.577. The van der Waals surface area contributed by atoms with Gasteiger partial charge in [-0.1, -0.05) is 13.8 Å². The van der Waals surface area contributed by atoms with E-state index in [1.54, 1.807) is 30.2 Å². The molecule has 0 bridgehead atoms. The molecule has 0 N–H and O–H groups in total. The number of methoxy groups -OCH3 is 1. The highest BCUT2D eigenvalue weighted by atomic mass is 16.5. The Labute approximate surface area is 143 Å². The summed E-state index contributed by atoms with van der Waals surface area (Å²) in [7, 11) is 3.40. The van der Waals surface area contributed by atoms with Gasteiger partial charge in [-0.25, -0.2) is 0 Å². The highest BCUT2D eigenvalue weighted by Gasteiger charge is 2.29. The molecule has 24 heavy (non-hydrogen) atoms. The first kappa shape index (κ1) is 18.3. The van der Waals surface area contributed by atoms with Gasteiger partial charge in [0, 0.05) is 26.1 Å². The Hall–Kier alpha value is -2.04. The van der Waals surface area contributed by atoms with Crippen LogP contribution in [0.1, 0.15) is 43.5 Å². The molecule has 2 rings (SSSR count). The molecule has 132 valence electrons. The highest BCUT2D eigenvalue weighted by Crippen LogP contribution is 2.32. The third-order valence-corrected chi connectivity index (χ3v) is 4.44. The maximum absolute atomic E-state index is 12.6. The van der Waals surface area contributed by atoms with E-state index in [2.05, 4.69) is 13.8 Å². The minimum atomic E-state index is -0.256. The van der Waals surface area contributed by atoms with Crippen LogP contribution in [0.25, 0.3) is 0 Å². The lowest BCUT2D eigenvalue weighted by molar-refractivity contribution is -0.130. The molecule has 1 atom stereocenters. The highest BCUT2D eigenvalue weighted by molar-refractivity contribution is 6.01. The molecule has 0 fully saturated rings. The smallest absolute Gasteiger partial charge is 0.222 e. The molecule has 0 radical (unpaired) electrons. The Morgan fingerprint density at radius 3 is 2.83 bits per heavy atom. The van der Waals surface area contributed by atoms with Gasteiger partial charge in [0.1, 0.15) is 11.5 Å². The quantitative estimate of drug-likeness (QED) is 0.769. The van der Waals surface area contributed by atoms with E-state index >= 15 is 0 Å². The van der Waals surface area contributed by atoms with E-state index in [1.165, 1.54) is 0 Å². The number of ether oxygens (including phenoxy) is 2. The normalized spacial score (nSPS) is 16.5. The number of Topliss-reactive ketones (excluding diaryl/α,β-unsaturated/α-hetero) is 1. The summed E-state index contributed by atoms with van der Waals surface area (Å²) in [6.07, 6.45) is 1.89. The molecule has 0 saturated carbocycles. The first-order chi connectivity index (χ1) is 11.4. The van der Waals surface area contributed by atoms with Crippen molar-refractivity contribution in [3.05, 3.63) is 23.8 Å². The van der Waals surface area contributed by atoms with Crippen LogP contribution < -0.4 is 9.47 Å². The van der Waals surface area contributed by atoms with E-state index in [4.69, 9.17) is 9.47 Å². The Bertz CT molecular complexity index is 597. The topological polar surface area (TPSA) is 55.8 Å². The van der Waals surface area contributed by atoms with Gasteiger partial charge in [0.25, 0.3) is 0 Å². The van der Waals surface area contributed by atoms with E-state index in [0.29, 0.717) is 42.4 Å². The molecule has 1 amide bonds. The average Bonchev–Trinajstić information content (AvgIpc) is 2.58. The number of carbonyl (C=O) groups excluding carboxylic acids is 2. The van der Waals surface area contributed by atoms with Crippen LogP contribution in [0.5, 0.6) is 11.5 Å². The van der Waals surface area contributed by atoms with Gasteiger partial charge in [-0.2, -0.15) is 0 Å². The second-order valence-electron chi connectivity index (χ2n) is 6.77.